The summed E-state index contributed by atoms with van der Waals surface area (Å²) in [5.74, 6) is 0.366. The molecule has 3 nitrogen and oxygen atoms in total. The number of nitrogens with zero attached hydrogens (tertiary/aromatic N) is 3. The van der Waals surface area contributed by atoms with Crippen molar-refractivity contribution in [3.63, 3.8) is 0 Å². The summed E-state index contributed by atoms with van der Waals surface area (Å²) in [6.45, 7) is 1.49. The van der Waals surface area contributed by atoms with Crippen LogP contribution in [-0.4, -0.2) is 18.1 Å². The normalized spacial score (nSPS) is 16.4. The highest BCUT2D eigenvalue weighted by atomic mass is 19.4. The SMILES string of the molecule is N#Cc1cc(C(F)(F)F)cnc1N1CCCCC1. The van der Waals surface area contributed by atoms with E-state index in [0.29, 0.717) is 5.82 Å². The number of rotatable bonds is 1. The Morgan fingerprint density at radius 1 is 1.22 bits per heavy atom. The van der Waals surface area contributed by atoms with Crippen molar-refractivity contribution in [3.8, 4) is 6.07 Å². The van der Waals surface area contributed by atoms with Crippen LogP contribution in [0.4, 0.5) is 19.0 Å². The largest absolute Gasteiger partial charge is 0.417 e. The lowest BCUT2D eigenvalue weighted by atomic mass is 10.1. The number of anilines is 1. The molecule has 1 aromatic rings. The molecular weight excluding hydrogens is 243 g/mol. The van der Waals surface area contributed by atoms with Gasteiger partial charge < -0.3 is 4.90 Å². The van der Waals surface area contributed by atoms with Gasteiger partial charge in [0.1, 0.15) is 11.9 Å². The Hall–Kier alpha value is -1.77. The van der Waals surface area contributed by atoms with Gasteiger partial charge in [-0.1, -0.05) is 0 Å². The van der Waals surface area contributed by atoms with E-state index in [-0.39, 0.29) is 5.56 Å². The first-order valence-electron chi connectivity index (χ1n) is 5.74. The molecule has 2 heterocycles. The van der Waals surface area contributed by atoms with Crippen LogP contribution in [0.2, 0.25) is 0 Å². The van der Waals surface area contributed by atoms with Crippen molar-refractivity contribution >= 4 is 5.82 Å². The zero-order chi connectivity index (χ0) is 13.2. The molecule has 6 heteroatoms. The number of alkyl halides is 3. The van der Waals surface area contributed by atoms with Gasteiger partial charge in [0.15, 0.2) is 0 Å². The fourth-order valence-corrected chi connectivity index (χ4v) is 2.05. The van der Waals surface area contributed by atoms with Gasteiger partial charge in [-0.2, -0.15) is 18.4 Å². The van der Waals surface area contributed by atoms with Crippen molar-refractivity contribution in [2.75, 3.05) is 18.0 Å². The number of piperidine rings is 1. The fraction of sp³-hybridized carbons (Fsp3) is 0.500. The summed E-state index contributed by atoms with van der Waals surface area (Å²) in [6, 6.07) is 2.67. The molecule has 0 amide bonds. The van der Waals surface area contributed by atoms with E-state index in [2.05, 4.69) is 4.98 Å². The first kappa shape index (κ1) is 12.7. The number of halogens is 3. The smallest absolute Gasteiger partial charge is 0.356 e. The van der Waals surface area contributed by atoms with Crippen LogP contribution in [0.15, 0.2) is 12.3 Å². The van der Waals surface area contributed by atoms with E-state index in [1.165, 1.54) is 0 Å². The average Bonchev–Trinajstić information content (AvgIpc) is 2.38. The molecule has 0 bridgehead atoms. The molecule has 0 atom stereocenters. The maximum atomic E-state index is 12.5. The van der Waals surface area contributed by atoms with E-state index in [0.717, 1.165) is 44.6 Å². The van der Waals surface area contributed by atoms with Crippen molar-refractivity contribution in [3.05, 3.63) is 23.4 Å². The second-order valence-corrected chi connectivity index (χ2v) is 4.25. The van der Waals surface area contributed by atoms with Crippen LogP contribution in [0, 0.1) is 11.3 Å². The lowest BCUT2D eigenvalue weighted by Gasteiger charge is -2.28. The molecule has 2 rings (SSSR count). The van der Waals surface area contributed by atoms with Crippen molar-refractivity contribution in [1.82, 2.24) is 4.98 Å². The number of hydrogen-bond acceptors (Lipinski definition) is 3. The minimum atomic E-state index is -4.46. The van der Waals surface area contributed by atoms with Crippen LogP contribution in [0.25, 0.3) is 0 Å². The highest BCUT2D eigenvalue weighted by Gasteiger charge is 2.32. The molecule has 0 aromatic carbocycles. The van der Waals surface area contributed by atoms with Crippen molar-refractivity contribution < 1.29 is 13.2 Å². The highest BCUT2D eigenvalue weighted by molar-refractivity contribution is 5.55. The number of nitriles is 1. The molecule has 1 fully saturated rings. The second kappa shape index (κ2) is 4.84. The molecule has 1 saturated heterocycles. The van der Waals surface area contributed by atoms with Gasteiger partial charge in [0.05, 0.1) is 11.1 Å². The minimum absolute atomic E-state index is 0.00766. The number of pyridine rings is 1. The van der Waals surface area contributed by atoms with Gasteiger partial charge in [-0.05, 0) is 25.3 Å². The number of aromatic nitrogens is 1. The first-order valence-corrected chi connectivity index (χ1v) is 5.74. The third kappa shape index (κ3) is 2.55. The number of hydrogen-bond donors (Lipinski definition) is 0. The summed E-state index contributed by atoms with van der Waals surface area (Å²) in [7, 11) is 0. The molecule has 0 N–H and O–H groups in total. The Labute approximate surface area is 103 Å². The van der Waals surface area contributed by atoms with E-state index in [1.807, 2.05) is 4.90 Å². The van der Waals surface area contributed by atoms with Crippen molar-refractivity contribution in [1.29, 1.82) is 5.26 Å². The molecule has 0 unspecified atom stereocenters. The molecule has 0 spiro atoms. The van der Waals surface area contributed by atoms with Crippen LogP contribution in [0.5, 0.6) is 0 Å². The predicted octanol–water partition coefficient (Wildman–Crippen LogP) is 2.96. The summed E-state index contributed by atoms with van der Waals surface area (Å²) < 4.78 is 37.5. The van der Waals surface area contributed by atoms with Crippen molar-refractivity contribution in [2.24, 2.45) is 0 Å². The maximum Gasteiger partial charge on any atom is 0.417 e. The Morgan fingerprint density at radius 3 is 2.44 bits per heavy atom. The second-order valence-electron chi connectivity index (χ2n) is 4.25. The van der Waals surface area contributed by atoms with E-state index in [9.17, 15) is 13.2 Å². The summed E-state index contributed by atoms with van der Waals surface area (Å²) >= 11 is 0. The fourth-order valence-electron chi connectivity index (χ4n) is 2.05. The quantitative estimate of drug-likeness (QED) is 0.774. The summed E-state index contributed by atoms with van der Waals surface area (Å²) in [5, 5.41) is 8.96. The standard InChI is InChI=1S/C12H12F3N3/c13-12(14,15)10-6-9(7-16)11(17-8-10)18-4-2-1-3-5-18/h6,8H,1-5H2. The van der Waals surface area contributed by atoms with E-state index in [4.69, 9.17) is 5.26 Å². The lowest BCUT2D eigenvalue weighted by molar-refractivity contribution is -0.137. The Bertz CT molecular complexity index is 470. The molecular formula is C12H12F3N3. The zero-order valence-electron chi connectivity index (χ0n) is 9.67. The molecule has 1 aliphatic heterocycles. The van der Waals surface area contributed by atoms with Gasteiger partial charge in [0.2, 0.25) is 0 Å². The maximum absolute atomic E-state index is 12.5. The van der Waals surface area contributed by atoms with Crippen LogP contribution in [0.3, 0.4) is 0 Å². The topological polar surface area (TPSA) is 39.9 Å². The molecule has 0 radical (unpaired) electrons. The minimum Gasteiger partial charge on any atom is -0.356 e. The predicted molar refractivity (Wildman–Crippen MR) is 60.0 cm³/mol. The van der Waals surface area contributed by atoms with Crippen LogP contribution >= 0.6 is 0 Å². The Morgan fingerprint density at radius 2 is 1.89 bits per heavy atom. The molecule has 18 heavy (non-hydrogen) atoms. The summed E-state index contributed by atoms with van der Waals surface area (Å²) in [4.78, 5) is 5.70. The van der Waals surface area contributed by atoms with E-state index in [1.54, 1.807) is 6.07 Å². The lowest BCUT2D eigenvalue weighted by Crippen LogP contribution is -2.31. The third-order valence-corrected chi connectivity index (χ3v) is 2.97. The van der Waals surface area contributed by atoms with Crippen LogP contribution in [0.1, 0.15) is 30.4 Å². The molecule has 0 aliphatic carbocycles. The molecule has 1 aromatic heterocycles. The summed E-state index contributed by atoms with van der Waals surface area (Å²) in [6.07, 6.45) is -0.593. The van der Waals surface area contributed by atoms with E-state index < -0.39 is 11.7 Å². The average molecular weight is 255 g/mol. The van der Waals surface area contributed by atoms with Gasteiger partial charge in [-0.25, -0.2) is 4.98 Å². The third-order valence-electron chi connectivity index (χ3n) is 2.97. The summed E-state index contributed by atoms with van der Waals surface area (Å²) in [5.41, 5.74) is -0.883. The molecule has 1 aliphatic rings. The van der Waals surface area contributed by atoms with Crippen LogP contribution in [-0.2, 0) is 6.18 Å². The van der Waals surface area contributed by atoms with Gasteiger partial charge in [0.25, 0.3) is 0 Å². The van der Waals surface area contributed by atoms with Gasteiger partial charge >= 0.3 is 6.18 Å². The monoisotopic (exact) mass is 255 g/mol. The van der Waals surface area contributed by atoms with Crippen LogP contribution < -0.4 is 4.90 Å². The van der Waals surface area contributed by atoms with Gasteiger partial charge in [-0.15, -0.1) is 0 Å². The van der Waals surface area contributed by atoms with Gasteiger partial charge in [0, 0.05) is 19.3 Å². The zero-order valence-corrected chi connectivity index (χ0v) is 9.67. The molecule has 96 valence electrons. The Balaban J connectivity index is 2.34. The van der Waals surface area contributed by atoms with E-state index >= 15 is 0 Å². The van der Waals surface area contributed by atoms with Gasteiger partial charge in [-0.3, -0.25) is 0 Å². The Kier molecular flexibility index (Phi) is 3.41. The molecule has 0 saturated carbocycles. The first-order chi connectivity index (χ1) is 8.52. The van der Waals surface area contributed by atoms with Crippen molar-refractivity contribution in [2.45, 2.75) is 25.4 Å². The highest BCUT2D eigenvalue weighted by Crippen LogP contribution is 2.31.